The fourth-order valence-electron chi connectivity index (χ4n) is 4.92. The van der Waals surface area contributed by atoms with Crippen LogP contribution >= 0.6 is 0 Å². The number of carbonyl (C=O) groups excluding carboxylic acids is 2. The molecule has 8 heteroatoms. The third-order valence-corrected chi connectivity index (χ3v) is 6.48. The van der Waals surface area contributed by atoms with Gasteiger partial charge in [0.1, 0.15) is 0 Å². The molecule has 0 saturated carbocycles. The van der Waals surface area contributed by atoms with Crippen molar-refractivity contribution in [2.75, 3.05) is 52.5 Å². The molecule has 2 saturated heterocycles. The van der Waals surface area contributed by atoms with E-state index in [0.717, 1.165) is 51.4 Å². The highest BCUT2D eigenvalue weighted by Gasteiger charge is 2.36. The summed E-state index contributed by atoms with van der Waals surface area (Å²) in [4.78, 5) is 41.2. The van der Waals surface area contributed by atoms with Gasteiger partial charge in [0.05, 0.1) is 13.2 Å². The lowest BCUT2D eigenvalue weighted by atomic mass is 9.83. The van der Waals surface area contributed by atoms with E-state index >= 15 is 0 Å². The van der Waals surface area contributed by atoms with E-state index in [1.54, 1.807) is 12.1 Å². The van der Waals surface area contributed by atoms with Crippen LogP contribution in [0.15, 0.2) is 23.0 Å². The number of nitrogens with zero attached hydrogens (tertiary/aromatic N) is 3. The number of likely N-dealkylation sites (tertiary alicyclic amines) is 1. The minimum atomic E-state index is -0.0561. The summed E-state index contributed by atoms with van der Waals surface area (Å²) in [5, 5.41) is 2.93. The Labute approximate surface area is 177 Å². The topological polar surface area (TPSA) is 83.9 Å². The molecule has 2 fully saturated rings. The largest absolute Gasteiger partial charge is 0.379 e. The highest BCUT2D eigenvalue weighted by atomic mass is 16.5. The van der Waals surface area contributed by atoms with Crippen LogP contribution in [0, 0.1) is 5.92 Å². The van der Waals surface area contributed by atoms with Gasteiger partial charge in [-0.3, -0.25) is 19.3 Å². The standard InChI is InChI=1S/C22H32N4O4/c27-20(23-7-2-8-24-9-11-30-12-10-24)5-6-21(28)25-14-17-13-18(16-25)19-3-1-4-22(29)26(19)15-17/h1,3-4,17-18H,2,5-16H2,(H,23,27)/t17-,18-/m1/s1. The second-order valence-corrected chi connectivity index (χ2v) is 8.65. The molecule has 2 amide bonds. The van der Waals surface area contributed by atoms with Crippen molar-refractivity contribution in [2.24, 2.45) is 5.92 Å². The Morgan fingerprint density at radius 3 is 2.77 bits per heavy atom. The van der Waals surface area contributed by atoms with Crippen LogP contribution in [0.1, 0.15) is 37.3 Å². The first-order valence-electron chi connectivity index (χ1n) is 11.1. The van der Waals surface area contributed by atoms with E-state index in [9.17, 15) is 14.4 Å². The number of hydrogen-bond donors (Lipinski definition) is 1. The third kappa shape index (κ3) is 5.10. The number of nitrogens with one attached hydrogen (secondary N) is 1. The molecule has 0 radical (unpaired) electrons. The fraction of sp³-hybridized carbons (Fsp3) is 0.682. The van der Waals surface area contributed by atoms with Gasteiger partial charge in [-0.1, -0.05) is 6.07 Å². The summed E-state index contributed by atoms with van der Waals surface area (Å²) in [6, 6.07) is 5.41. The predicted molar refractivity (Wildman–Crippen MR) is 112 cm³/mol. The second-order valence-electron chi connectivity index (χ2n) is 8.65. The molecule has 1 N–H and O–H groups in total. The molecule has 1 aromatic rings. The van der Waals surface area contributed by atoms with E-state index in [0.29, 0.717) is 32.1 Å². The van der Waals surface area contributed by atoms with Gasteiger partial charge in [-0.05, 0) is 31.4 Å². The number of piperidine rings is 1. The number of fused-ring (bicyclic) bond motifs is 4. The van der Waals surface area contributed by atoms with Crippen LogP contribution in [0.3, 0.4) is 0 Å². The van der Waals surface area contributed by atoms with E-state index < -0.39 is 0 Å². The summed E-state index contributed by atoms with van der Waals surface area (Å²) in [5.41, 5.74) is 1.08. The lowest BCUT2D eigenvalue weighted by Gasteiger charge is -2.42. The van der Waals surface area contributed by atoms with Gasteiger partial charge in [-0.2, -0.15) is 0 Å². The highest BCUT2D eigenvalue weighted by Crippen LogP contribution is 2.35. The van der Waals surface area contributed by atoms with E-state index in [4.69, 9.17) is 4.74 Å². The summed E-state index contributed by atoms with van der Waals surface area (Å²) < 4.78 is 7.20. The van der Waals surface area contributed by atoms with Crippen molar-refractivity contribution in [1.82, 2.24) is 19.7 Å². The van der Waals surface area contributed by atoms with Crippen molar-refractivity contribution in [2.45, 2.75) is 38.1 Å². The first-order valence-corrected chi connectivity index (χ1v) is 11.1. The zero-order valence-corrected chi connectivity index (χ0v) is 17.6. The molecule has 0 spiro atoms. The van der Waals surface area contributed by atoms with Crippen molar-refractivity contribution in [3.05, 3.63) is 34.2 Å². The number of morpholine rings is 1. The number of rotatable bonds is 7. The van der Waals surface area contributed by atoms with Crippen LogP contribution < -0.4 is 10.9 Å². The van der Waals surface area contributed by atoms with Crippen LogP contribution in [0.5, 0.6) is 0 Å². The van der Waals surface area contributed by atoms with Gasteiger partial charge in [0, 0.05) is 69.8 Å². The van der Waals surface area contributed by atoms with E-state index in [2.05, 4.69) is 10.2 Å². The summed E-state index contributed by atoms with van der Waals surface area (Å²) >= 11 is 0. The highest BCUT2D eigenvalue weighted by molar-refractivity contribution is 5.83. The lowest BCUT2D eigenvalue weighted by molar-refractivity contribution is -0.136. The van der Waals surface area contributed by atoms with Gasteiger partial charge in [-0.25, -0.2) is 0 Å². The smallest absolute Gasteiger partial charge is 0.250 e. The van der Waals surface area contributed by atoms with Gasteiger partial charge < -0.3 is 19.5 Å². The molecule has 8 nitrogen and oxygen atoms in total. The Balaban J connectivity index is 1.18. The molecular formula is C22H32N4O4. The van der Waals surface area contributed by atoms with Crippen molar-refractivity contribution in [3.8, 4) is 0 Å². The Hall–Kier alpha value is -2.19. The zero-order chi connectivity index (χ0) is 20.9. The first-order chi connectivity index (χ1) is 14.6. The Kier molecular flexibility index (Phi) is 6.84. The third-order valence-electron chi connectivity index (χ3n) is 6.48. The molecule has 0 unspecified atom stereocenters. The Bertz CT molecular complexity index is 818. The minimum Gasteiger partial charge on any atom is -0.379 e. The number of ether oxygens (including phenoxy) is 1. The summed E-state index contributed by atoms with van der Waals surface area (Å²) in [7, 11) is 0. The van der Waals surface area contributed by atoms with E-state index in [-0.39, 0.29) is 36.1 Å². The second kappa shape index (κ2) is 9.75. The number of pyridine rings is 1. The Morgan fingerprint density at radius 2 is 1.93 bits per heavy atom. The van der Waals surface area contributed by atoms with Gasteiger partial charge in [-0.15, -0.1) is 0 Å². The average molecular weight is 417 g/mol. The summed E-state index contributed by atoms with van der Waals surface area (Å²) in [5.74, 6) is 0.512. The normalized spacial score (nSPS) is 23.7. The van der Waals surface area contributed by atoms with Crippen LogP contribution in [0.2, 0.25) is 0 Å². The molecule has 164 valence electrons. The molecule has 2 bridgehead atoms. The lowest BCUT2D eigenvalue weighted by Crippen LogP contribution is -2.49. The maximum absolute atomic E-state index is 12.7. The maximum Gasteiger partial charge on any atom is 0.250 e. The quantitative estimate of drug-likeness (QED) is 0.651. The number of aromatic nitrogens is 1. The van der Waals surface area contributed by atoms with Crippen LogP contribution in [-0.2, 0) is 20.9 Å². The number of hydrogen-bond acceptors (Lipinski definition) is 5. The van der Waals surface area contributed by atoms with Crippen molar-refractivity contribution in [1.29, 1.82) is 0 Å². The Morgan fingerprint density at radius 1 is 1.10 bits per heavy atom. The van der Waals surface area contributed by atoms with Crippen LogP contribution in [-0.4, -0.2) is 78.7 Å². The van der Waals surface area contributed by atoms with Crippen molar-refractivity contribution >= 4 is 11.8 Å². The molecule has 4 rings (SSSR count). The number of amides is 2. The zero-order valence-electron chi connectivity index (χ0n) is 17.6. The van der Waals surface area contributed by atoms with E-state index in [1.165, 1.54) is 0 Å². The molecule has 2 atom stereocenters. The summed E-state index contributed by atoms with van der Waals surface area (Å²) in [6.45, 7) is 7.09. The van der Waals surface area contributed by atoms with Crippen molar-refractivity contribution < 1.29 is 14.3 Å². The molecule has 4 heterocycles. The monoisotopic (exact) mass is 416 g/mol. The SMILES string of the molecule is O=C(CCC(=O)N1C[C@H]2C[C@H](C1)c1cccc(=O)n1C2)NCCCN1CCOCC1. The first kappa shape index (κ1) is 21.1. The van der Waals surface area contributed by atoms with Gasteiger partial charge in [0.15, 0.2) is 0 Å². The molecule has 3 aliphatic rings. The fourth-order valence-corrected chi connectivity index (χ4v) is 4.92. The minimum absolute atomic E-state index is 0.0416. The van der Waals surface area contributed by atoms with Crippen molar-refractivity contribution in [3.63, 3.8) is 0 Å². The average Bonchev–Trinajstić information content (AvgIpc) is 2.76. The molecule has 1 aromatic heterocycles. The van der Waals surface area contributed by atoms with Gasteiger partial charge in [0.2, 0.25) is 11.8 Å². The maximum atomic E-state index is 12.7. The predicted octanol–water partition coefficient (Wildman–Crippen LogP) is 0.413. The van der Waals surface area contributed by atoms with Gasteiger partial charge in [0.25, 0.3) is 5.56 Å². The molecular weight excluding hydrogens is 384 g/mol. The molecule has 0 aliphatic carbocycles. The van der Waals surface area contributed by atoms with Crippen LogP contribution in [0.25, 0.3) is 0 Å². The van der Waals surface area contributed by atoms with Gasteiger partial charge >= 0.3 is 0 Å². The van der Waals surface area contributed by atoms with Crippen LogP contribution in [0.4, 0.5) is 0 Å². The molecule has 3 aliphatic heterocycles. The molecule has 0 aromatic carbocycles. The summed E-state index contributed by atoms with van der Waals surface area (Å²) in [6.07, 6.45) is 2.42. The number of carbonyl (C=O) groups is 2. The molecule has 30 heavy (non-hydrogen) atoms. The van der Waals surface area contributed by atoms with E-state index in [1.807, 2.05) is 15.5 Å².